The van der Waals surface area contributed by atoms with Gasteiger partial charge in [0.1, 0.15) is 0 Å². The Labute approximate surface area is 123 Å². The summed E-state index contributed by atoms with van der Waals surface area (Å²) in [6.45, 7) is 1.97. The molecule has 0 aliphatic rings. The van der Waals surface area contributed by atoms with Crippen molar-refractivity contribution in [3.05, 3.63) is 64.7 Å². The molecular weight excluding hydrogens is 272 g/mol. The van der Waals surface area contributed by atoms with Gasteiger partial charge in [0.15, 0.2) is 0 Å². The van der Waals surface area contributed by atoms with Crippen LogP contribution in [0.5, 0.6) is 0 Å². The van der Waals surface area contributed by atoms with E-state index in [-0.39, 0.29) is 11.9 Å². The smallest absolute Gasteiger partial charge is 0.251 e. The Balaban J connectivity index is 1.95. The van der Waals surface area contributed by atoms with Crippen molar-refractivity contribution in [1.82, 2.24) is 5.32 Å². The van der Waals surface area contributed by atoms with Crippen molar-refractivity contribution in [3.8, 4) is 0 Å². The van der Waals surface area contributed by atoms with Crippen LogP contribution in [0.2, 0.25) is 5.02 Å². The molecule has 4 heteroatoms. The number of halogens is 1. The Bertz CT molecular complexity index is 596. The Morgan fingerprint density at radius 3 is 2.60 bits per heavy atom. The fourth-order valence-electron chi connectivity index (χ4n) is 2.01. The molecule has 1 unspecified atom stereocenters. The lowest BCUT2D eigenvalue weighted by molar-refractivity contribution is 0.0940. The highest BCUT2D eigenvalue weighted by Crippen LogP contribution is 2.12. The summed E-state index contributed by atoms with van der Waals surface area (Å²) in [5.74, 6) is -0.112. The lowest BCUT2D eigenvalue weighted by Gasteiger charge is -2.14. The van der Waals surface area contributed by atoms with Crippen LogP contribution in [0.1, 0.15) is 22.8 Å². The maximum absolute atomic E-state index is 12.1. The predicted octanol–water partition coefficient (Wildman–Crippen LogP) is 3.28. The van der Waals surface area contributed by atoms with Crippen LogP contribution in [-0.4, -0.2) is 11.9 Å². The minimum Gasteiger partial charge on any atom is -0.399 e. The summed E-state index contributed by atoms with van der Waals surface area (Å²) in [5.41, 5.74) is 7.97. The molecule has 0 fully saturated rings. The molecule has 0 aliphatic heterocycles. The summed E-state index contributed by atoms with van der Waals surface area (Å²) >= 11 is 5.85. The highest BCUT2D eigenvalue weighted by atomic mass is 35.5. The zero-order valence-corrected chi connectivity index (χ0v) is 12.0. The van der Waals surface area contributed by atoms with Crippen molar-refractivity contribution in [2.75, 3.05) is 5.73 Å². The lowest BCUT2D eigenvalue weighted by atomic mass is 10.1. The van der Waals surface area contributed by atoms with Gasteiger partial charge in [0.05, 0.1) is 0 Å². The van der Waals surface area contributed by atoms with E-state index in [1.165, 1.54) is 0 Å². The first-order valence-corrected chi connectivity index (χ1v) is 6.83. The van der Waals surface area contributed by atoms with Crippen molar-refractivity contribution in [3.63, 3.8) is 0 Å². The number of rotatable bonds is 4. The van der Waals surface area contributed by atoms with Crippen molar-refractivity contribution in [2.24, 2.45) is 0 Å². The summed E-state index contributed by atoms with van der Waals surface area (Å²) in [6, 6.07) is 14.6. The van der Waals surface area contributed by atoms with Crippen LogP contribution in [0.25, 0.3) is 0 Å². The Morgan fingerprint density at radius 2 is 1.95 bits per heavy atom. The van der Waals surface area contributed by atoms with E-state index in [1.54, 1.807) is 24.3 Å². The van der Waals surface area contributed by atoms with E-state index in [4.69, 9.17) is 17.3 Å². The van der Waals surface area contributed by atoms with Crippen molar-refractivity contribution in [1.29, 1.82) is 0 Å². The second kappa shape index (κ2) is 6.44. The summed E-state index contributed by atoms with van der Waals surface area (Å²) in [4.78, 5) is 12.1. The number of anilines is 1. The first kappa shape index (κ1) is 14.4. The second-order valence-electron chi connectivity index (χ2n) is 4.83. The number of carbonyl (C=O) groups is 1. The zero-order chi connectivity index (χ0) is 14.5. The van der Waals surface area contributed by atoms with Gasteiger partial charge in [-0.3, -0.25) is 4.79 Å². The summed E-state index contributed by atoms with van der Waals surface area (Å²) in [6.07, 6.45) is 0.755. The summed E-state index contributed by atoms with van der Waals surface area (Å²) in [5, 5.41) is 3.67. The first-order chi connectivity index (χ1) is 9.54. The number of benzene rings is 2. The largest absolute Gasteiger partial charge is 0.399 e. The van der Waals surface area contributed by atoms with Gasteiger partial charge in [0.2, 0.25) is 0 Å². The molecule has 20 heavy (non-hydrogen) atoms. The van der Waals surface area contributed by atoms with Crippen LogP contribution in [0, 0.1) is 0 Å². The first-order valence-electron chi connectivity index (χ1n) is 6.45. The maximum Gasteiger partial charge on any atom is 0.251 e. The number of amides is 1. The van der Waals surface area contributed by atoms with Crippen molar-refractivity contribution < 1.29 is 4.79 Å². The summed E-state index contributed by atoms with van der Waals surface area (Å²) < 4.78 is 0. The van der Waals surface area contributed by atoms with E-state index in [2.05, 4.69) is 5.32 Å². The van der Waals surface area contributed by atoms with Crippen LogP contribution in [0.3, 0.4) is 0 Å². The topological polar surface area (TPSA) is 55.1 Å². The van der Waals surface area contributed by atoms with E-state index in [9.17, 15) is 4.79 Å². The third-order valence-corrected chi connectivity index (χ3v) is 3.23. The molecule has 1 amide bonds. The molecule has 1 atom stereocenters. The van der Waals surface area contributed by atoms with Gasteiger partial charge in [0, 0.05) is 22.3 Å². The average Bonchev–Trinajstić information content (AvgIpc) is 2.41. The van der Waals surface area contributed by atoms with Gasteiger partial charge in [0.25, 0.3) is 5.91 Å². The van der Waals surface area contributed by atoms with Gasteiger partial charge in [-0.05, 0) is 49.2 Å². The van der Waals surface area contributed by atoms with E-state index >= 15 is 0 Å². The molecule has 0 bridgehead atoms. The molecule has 0 aliphatic carbocycles. The number of nitrogen functional groups attached to an aromatic ring is 1. The molecule has 0 heterocycles. The minimum atomic E-state index is -0.112. The summed E-state index contributed by atoms with van der Waals surface area (Å²) in [7, 11) is 0. The van der Waals surface area contributed by atoms with Crippen LogP contribution in [0.15, 0.2) is 48.5 Å². The third kappa shape index (κ3) is 4.00. The number of nitrogens with two attached hydrogens (primary N) is 1. The van der Waals surface area contributed by atoms with Gasteiger partial charge in [-0.25, -0.2) is 0 Å². The van der Waals surface area contributed by atoms with Gasteiger partial charge in [-0.2, -0.15) is 0 Å². The number of hydrogen-bond donors (Lipinski definition) is 2. The quantitative estimate of drug-likeness (QED) is 0.848. The Hall–Kier alpha value is -2.00. The molecule has 0 saturated carbocycles. The number of hydrogen-bond acceptors (Lipinski definition) is 2. The van der Waals surface area contributed by atoms with E-state index < -0.39 is 0 Å². The van der Waals surface area contributed by atoms with E-state index in [1.807, 2.05) is 31.2 Å². The predicted molar refractivity (Wildman–Crippen MR) is 82.9 cm³/mol. The molecule has 3 N–H and O–H groups in total. The Kier molecular flexibility index (Phi) is 4.64. The van der Waals surface area contributed by atoms with Crippen LogP contribution >= 0.6 is 11.6 Å². The molecule has 104 valence electrons. The van der Waals surface area contributed by atoms with E-state index in [0.29, 0.717) is 16.3 Å². The fraction of sp³-hybridized carbons (Fsp3) is 0.188. The number of nitrogens with one attached hydrogen (secondary N) is 1. The molecule has 2 aromatic carbocycles. The molecular formula is C16H17ClN2O. The number of carbonyl (C=O) groups excluding carboxylic acids is 1. The lowest BCUT2D eigenvalue weighted by Crippen LogP contribution is -2.34. The standard InChI is InChI=1S/C16H17ClN2O/c1-11(9-12-5-7-14(17)8-6-12)19-16(20)13-3-2-4-15(18)10-13/h2-8,10-11H,9,18H2,1H3,(H,19,20). The molecule has 0 radical (unpaired) electrons. The van der Waals surface area contributed by atoms with Crippen LogP contribution in [-0.2, 0) is 6.42 Å². The third-order valence-electron chi connectivity index (χ3n) is 2.98. The van der Waals surface area contributed by atoms with Gasteiger partial charge in [-0.1, -0.05) is 29.8 Å². The van der Waals surface area contributed by atoms with Crippen LogP contribution in [0.4, 0.5) is 5.69 Å². The molecule has 0 saturated heterocycles. The fourth-order valence-corrected chi connectivity index (χ4v) is 2.14. The zero-order valence-electron chi connectivity index (χ0n) is 11.3. The monoisotopic (exact) mass is 288 g/mol. The van der Waals surface area contributed by atoms with Gasteiger partial charge in [-0.15, -0.1) is 0 Å². The second-order valence-corrected chi connectivity index (χ2v) is 5.27. The van der Waals surface area contributed by atoms with Crippen LogP contribution < -0.4 is 11.1 Å². The van der Waals surface area contributed by atoms with E-state index in [0.717, 1.165) is 12.0 Å². The highest BCUT2D eigenvalue weighted by molar-refractivity contribution is 6.30. The van der Waals surface area contributed by atoms with Crippen molar-refractivity contribution >= 4 is 23.2 Å². The van der Waals surface area contributed by atoms with Gasteiger partial charge >= 0.3 is 0 Å². The SMILES string of the molecule is CC(Cc1ccc(Cl)cc1)NC(=O)c1cccc(N)c1. The Morgan fingerprint density at radius 1 is 1.25 bits per heavy atom. The molecule has 0 aromatic heterocycles. The highest BCUT2D eigenvalue weighted by Gasteiger charge is 2.10. The molecule has 2 rings (SSSR count). The minimum absolute atomic E-state index is 0.0325. The average molecular weight is 289 g/mol. The van der Waals surface area contributed by atoms with Crippen molar-refractivity contribution in [2.45, 2.75) is 19.4 Å². The maximum atomic E-state index is 12.1. The normalized spacial score (nSPS) is 11.9. The molecule has 3 nitrogen and oxygen atoms in total. The van der Waals surface area contributed by atoms with Gasteiger partial charge < -0.3 is 11.1 Å². The molecule has 2 aromatic rings. The molecule has 0 spiro atoms.